The third kappa shape index (κ3) is 5.59. The largest absolute Gasteiger partial charge is 0.491 e. The van der Waals surface area contributed by atoms with Crippen molar-refractivity contribution in [2.75, 3.05) is 13.2 Å². The number of hydrogen-bond acceptors (Lipinski definition) is 3. The number of benzene rings is 1. The van der Waals surface area contributed by atoms with Gasteiger partial charge in [-0.2, -0.15) is 0 Å². The first-order valence-electron chi connectivity index (χ1n) is 7.26. The molecule has 1 aliphatic carbocycles. The monoisotopic (exact) mass is 295 g/mol. The number of guanidine groups is 1. The SMILES string of the molecule is NC(=NCC(O)COc1cccc(F)c1)NC1CCCC1. The zero-order valence-corrected chi connectivity index (χ0v) is 12.0. The summed E-state index contributed by atoms with van der Waals surface area (Å²) in [5, 5.41) is 12.9. The van der Waals surface area contributed by atoms with Crippen LogP contribution in [0.4, 0.5) is 4.39 Å². The molecule has 21 heavy (non-hydrogen) atoms. The van der Waals surface area contributed by atoms with E-state index in [1.54, 1.807) is 12.1 Å². The Morgan fingerprint density at radius 2 is 2.24 bits per heavy atom. The number of nitrogens with two attached hydrogens (primary N) is 1. The Hall–Kier alpha value is -1.82. The van der Waals surface area contributed by atoms with Crippen molar-refractivity contribution in [1.82, 2.24) is 5.32 Å². The second-order valence-corrected chi connectivity index (χ2v) is 5.27. The maximum Gasteiger partial charge on any atom is 0.188 e. The molecule has 0 aliphatic heterocycles. The van der Waals surface area contributed by atoms with E-state index in [1.807, 2.05) is 0 Å². The standard InChI is InChI=1S/C15H22FN3O2/c16-11-4-3-7-14(8-11)21-10-13(20)9-18-15(17)19-12-5-1-2-6-12/h3-4,7-8,12-13,20H,1-2,5-6,9-10H2,(H3,17,18,19). The molecule has 5 nitrogen and oxygen atoms in total. The van der Waals surface area contributed by atoms with Gasteiger partial charge in [0, 0.05) is 12.1 Å². The topological polar surface area (TPSA) is 79.9 Å². The van der Waals surface area contributed by atoms with Gasteiger partial charge in [0.2, 0.25) is 0 Å². The van der Waals surface area contributed by atoms with Gasteiger partial charge in [-0.15, -0.1) is 0 Å². The number of aliphatic hydroxyl groups is 1. The fourth-order valence-electron chi connectivity index (χ4n) is 2.33. The highest BCUT2D eigenvalue weighted by molar-refractivity contribution is 5.78. The van der Waals surface area contributed by atoms with Crippen LogP contribution in [-0.4, -0.2) is 36.4 Å². The predicted octanol–water partition coefficient (Wildman–Crippen LogP) is 1.41. The van der Waals surface area contributed by atoms with Gasteiger partial charge in [0.1, 0.15) is 24.3 Å². The number of nitrogens with one attached hydrogen (secondary N) is 1. The van der Waals surface area contributed by atoms with Gasteiger partial charge >= 0.3 is 0 Å². The maximum atomic E-state index is 13.0. The van der Waals surface area contributed by atoms with Gasteiger partial charge in [0.05, 0.1) is 6.54 Å². The van der Waals surface area contributed by atoms with E-state index >= 15 is 0 Å². The Kier molecular flexibility index (Phi) is 5.80. The molecule has 1 fully saturated rings. The summed E-state index contributed by atoms with van der Waals surface area (Å²) in [4.78, 5) is 4.10. The van der Waals surface area contributed by atoms with Crippen LogP contribution in [0.5, 0.6) is 5.75 Å². The lowest BCUT2D eigenvalue weighted by Crippen LogP contribution is -2.39. The lowest BCUT2D eigenvalue weighted by Gasteiger charge is -2.14. The number of rotatable bonds is 6. The Morgan fingerprint density at radius 1 is 1.48 bits per heavy atom. The maximum absolute atomic E-state index is 13.0. The highest BCUT2D eigenvalue weighted by atomic mass is 19.1. The highest BCUT2D eigenvalue weighted by Crippen LogP contribution is 2.17. The van der Waals surface area contributed by atoms with E-state index in [2.05, 4.69) is 10.3 Å². The minimum absolute atomic E-state index is 0.0453. The number of halogens is 1. The number of nitrogens with zero attached hydrogens (tertiary/aromatic N) is 1. The van der Waals surface area contributed by atoms with E-state index in [1.165, 1.54) is 25.0 Å². The molecule has 0 aromatic heterocycles. The molecule has 2 rings (SSSR count). The van der Waals surface area contributed by atoms with Crippen molar-refractivity contribution in [3.8, 4) is 5.75 Å². The summed E-state index contributed by atoms with van der Waals surface area (Å²) < 4.78 is 18.2. The summed E-state index contributed by atoms with van der Waals surface area (Å²) in [5.41, 5.74) is 5.77. The predicted molar refractivity (Wildman–Crippen MR) is 79.8 cm³/mol. The normalized spacial score (nSPS) is 17.7. The lowest BCUT2D eigenvalue weighted by molar-refractivity contribution is 0.114. The van der Waals surface area contributed by atoms with Crippen LogP contribution in [0.15, 0.2) is 29.3 Å². The number of hydrogen-bond donors (Lipinski definition) is 3. The number of aliphatic hydroxyl groups excluding tert-OH is 1. The van der Waals surface area contributed by atoms with Crippen molar-refractivity contribution < 1.29 is 14.2 Å². The summed E-state index contributed by atoms with van der Waals surface area (Å²) in [7, 11) is 0. The lowest BCUT2D eigenvalue weighted by atomic mass is 10.2. The second-order valence-electron chi connectivity index (χ2n) is 5.27. The smallest absolute Gasteiger partial charge is 0.188 e. The molecule has 0 heterocycles. The minimum Gasteiger partial charge on any atom is -0.491 e. The Bertz CT molecular complexity index is 476. The summed E-state index contributed by atoms with van der Waals surface area (Å²) in [6.45, 7) is 0.199. The molecule has 1 aromatic carbocycles. The van der Waals surface area contributed by atoms with Crippen LogP contribution >= 0.6 is 0 Å². The van der Waals surface area contributed by atoms with Crippen molar-refractivity contribution in [2.24, 2.45) is 10.7 Å². The third-order valence-electron chi connectivity index (χ3n) is 3.42. The molecule has 1 aromatic rings. The molecule has 6 heteroatoms. The Balaban J connectivity index is 1.69. The molecule has 116 valence electrons. The van der Waals surface area contributed by atoms with Crippen molar-refractivity contribution in [2.45, 2.75) is 37.8 Å². The molecule has 1 unspecified atom stereocenters. The van der Waals surface area contributed by atoms with Crippen LogP contribution in [0.1, 0.15) is 25.7 Å². The van der Waals surface area contributed by atoms with Gasteiger partial charge in [-0.25, -0.2) is 4.39 Å². The fourth-order valence-corrected chi connectivity index (χ4v) is 2.33. The summed E-state index contributed by atoms with van der Waals surface area (Å²) in [6.07, 6.45) is 3.88. The van der Waals surface area contributed by atoms with Gasteiger partial charge in [0.25, 0.3) is 0 Å². The Morgan fingerprint density at radius 3 is 2.95 bits per heavy atom. The first-order valence-corrected chi connectivity index (χ1v) is 7.26. The minimum atomic E-state index is -0.780. The average Bonchev–Trinajstić information content (AvgIpc) is 2.96. The van der Waals surface area contributed by atoms with Gasteiger partial charge in [-0.1, -0.05) is 18.9 Å². The molecule has 0 saturated heterocycles. The fraction of sp³-hybridized carbons (Fsp3) is 0.533. The molecule has 4 N–H and O–H groups in total. The van der Waals surface area contributed by atoms with Crippen molar-refractivity contribution in [1.29, 1.82) is 0 Å². The summed E-state index contributed by atoms with van der Waals surface area (Å²) in [6, 6.07) is 6.19. The van der Waals surface area contributed by atoms with E-state index < -0.39 is 6.10 Å². The highest BCUT2D eigenvalue weighted by Gasteiger charge is 2.15. The molecular weight excluding hydrogens is 273 g/mol. The van der Waals surface area contributed by atoms with E-state index in [4.69, 9.17) is 10.5 Å². The van der Waals surface area contributed by atoms with E-state index in [0.29, 0.717) is 17.8 Å². The molecule has 0 radical (unpaired) electrons. The first kappa shape index (κ1) is 15.6. The molecular formula is C15H22FN3O2. The molecule has 0 bridgehead atoms. The second kappa shape index (κ2) is 7.83. The molecule has 0 amide bonds. The van der Waals surface area contributed by atoms with Crippen LogP contribution < -0.4 is 15.8 Å². The van der Waals surface area contributed by atoms with Crippen LogP contribution in [0, 0.1) is 5.82 Å². The third-order valence-corrected chi connectivity index (χ3v) is 3.42. The van der Waals surface area contributed by atoms with Gasteiger partial charge in [0.15, 0.2) is 5.96 Å². The van der Waals surface area contributed by atoms with Crippen molar-refractivity contribution in [3.63, 3.8) is 0 Å². The molecule has 0 spiro atoms. The summed E-state index contributed by atoms with van der Waals surface area (Å²) in [5.74, 6) is 0.367. The van der Waals surface area contributed by atoms with Crippen molar-refractivity contribution >= 4 is 5.96 Å². The Labute approximate surface area is 124 Å². The van der Waals surface area contributed by atoms with Gasteiger partial charge in [-0.05, 0) is 25.0 Å². The summed E-state index contributed by atoms with van der Waals surface area (Å²) >= 11 is 0. The van der Waals surface area contributed by atoms with Crippen LogP contribution in [0.2, 0.25) is 0 Å². The molecule has 1 atom stereocenters. The van der Waals surface area contributed by atoms with Crippen LogP contribution in [0.3, 0.4) is 0 Å². The van der Waals surface area contributed by atoms with Crippen LogP contribution in [-0.2, 0) is 0 Å². The van der Waals surface area contributed by atoms with Crippen molar-refractivity contribution in [3.05, 3.63) is 30.1 Å². The average molecular weight is 295 g/mol. The van der Waals surface area contributed by atoms with Crippen LogP contribution in [0.25, 0.3) is 0 Å². The molecule has 1 saturated carbocycles. The van der Waals surface area contributed by atoms with E-state index in [0.717, 1.165) is 12.8 Å². The number of aliphatic imine (C=N–C) groups is 1. The van der Waals surface area contributed by atoms with Gasteiger partial charge < -0.3 is 20.9 Å². The zero-order valence-electron chi connectivity index (χ0n) is 12.0. The zero-order chi connectivity index (χ0) is 15.1. The molecule has 1 aliphatic rings. The number of ether oxygens (including phenoxy) is 1. The van der Waals surface area contributed by atoms with E-state index in [9.17, 15) is 9.50 Å². The van der Waals surface area contributed by atoms with E-state index in [-0.39, 0.29) is 19.0 Å². The first-order chi connectivity index (χ1) is 10.1. The quantitative estimate of drug-likeness (QED) is 0.547. The van der Waals surface area contributed by atoms with Gasteiger partial charge in [-0.3, -0.25) is 4.99 Å².